The van der Waals surface area contributed by atoms with E-state index >= 15 is 0 Å². The van der Waals surface area contributed by atoms with Gasteiger partial charge in [0.15, 0.2) is 0 Å². The predicted octanol–water partition coefficient (Wildman–Crippen LogP) is -1.18. The molecule has 4 nitrogen and oxygen atoms in total. The van der Waals surface area contributed by atoms with Crippen LogP contribution in [0.3, 0.4) is 0 Å². The fourth-order valence-corrected chi connectivity index (χ4v) is 1.66. The van der Waals surface area contributed by atoms with E-state index in [0.717, 1.165) is 13.1 Å². The Morgan fingerprint density at radius 1 is 1.64 bits per heavy atom. The van der Waals surface area contributed by atoms with E-state index in [4.69, 9.17) is 4.74 Å². The summed E-state index contributed by atoms with van der Waals surface area (Å²) in [5.41, 5.74) is 0. The number of nitrogens with one attached hydrogen (secondary N) is 1. The van der Waals surface area contributed by atoms with E-state index in [2.05, 4.69) is 5.32 Å². The summed E-state index contributed by atoms with van der Waals surface area (Å²) in [5, 5.41) is 3.20. The van der Waals surface area contributed by atoms with E-state index in [1.807, 2.05) is 7.05 Å². The lowest BCUT2D eigenvalue weighted by Crippen LogP contribution is -2.51. The maximum Gasteiger partial charge on any atom is 0.248 e. The normalized spacial score (nSPS) is 37.5. The minimum absolute atomic E-state index is 0.0925. The number of fused-ring (bicyclic) bond motifs is 1. The van der Waals surface area contributed by atoms with Gasteiger partial charge in [0.1, 0.15) is 6.61 Å². The van der Waals surface area contributed by atoms with Crippen LogP contribution in [-0.4, -0.2) is 49.7 Å². The molecule has 2 fully saturated rings. The van der Waals surface area contributed by atoms with Crippen molar-refractivity contribution in [2.24, 2.45) is 0 Å². The first kappa shape index (κ1) is 7.06. The number of nitrogens with zero attached hydrogens (tertiary/aromatic N) is 1. The maximum absolute atomic E-state index is 11.1. The second kappa shape index (κ2) is 2.46. The zero-order valence-electron chi connectivity index (χ0n) is 6.54. The van der Waals surface area contributed by atoms with Crippen LogP contribution < -0.4 is 5.32 Å². The molecule has 0 saturated carbocycles. The monoisotopic (exact) mass is 156 g/mol. The van der Waals surface area contributed by atoms with Crippen molar-refractivity contribution >= 4 is 5.91 Å². The lowest BCUT2D eigenvalue weighted by molar-refractivity contribution is -0.150. The molecular weight excluding hydrogens is 144 g/mol. The third-order valence-electron chi connectivity index (χ3n) is 2.44. The van der Waals surface area contributed by atoms with Crippen molar-refractivity contribution in [3.05, 3.63) is 0 Å². The molecule has 0 unspecified atom stereocenters. The topological polar surface area (TPSA) is 41.6 Å². The van der Waals surface area contributed by atoms with E-state index in [9.17, 15) is 4.79 Å². The molecule has 2 saturated heterocycles. The third-order valence-corrected chi connectivity index (χ3v) is 2.44. The Morgan fingerprint density at radius 2 is 2.45 bits per heavy atom. The Labute approximate surface area is 65.5 Å². The zero-order valence-corrected chi connectivity index (χ0v) is 6.54. The van der Waals surface area contributed by atoms with Crippen LogP contribution >= 0.6 is 0 Å². The molecule has 2 heterocycles. The van der Waals surface area contributed by atoms with Crippen LogP contribution in [0.1, 0.15) is 0 Å². The highest BCUT2D eigenvalue weighted by molar-refractivity contribution is 5.78. The first-order valence-electron chi connectivity index (χ1n) is 3.87. The number of carbonyl (C=O) groups excluding carboxylic acids is 1. The zero-order chi connectivity index (χ0) is 7.84. The van der Waals surface area contributed by atoms with Gasteiger partial charge in [-0.3, -0.25) is 4.79 Å². The average Bonchev–Trinajstić information content (AvgIpc) is 2.45. The Balaban J connectivity index is 2.11. The van der Waals surface area contributed by atoms with E-state index in [0.29, 0.717) is 0 Å². The summed E-state index contributed by atoms with van der Waals surface area (Å²) in [6.07, 6.45) is 0.220. The number of rotatable bonds is 0. The SMILES string of the molecule is CN1C(=O)CO[C@H]2CNC[C@@H]21. The number of likely N-dealkylation sites (N-methyl/N-ethyl adjacent to an activating group) is 1. The lowest BCUT2D eigenvalue weighted by atomic mass is 10.1. The first-order valence-corrected chi connectivity index (χ1v) is 3.87. The Bertz CT molecular complexity index is 183. The van der Waals surface area contributed by atoms with Crippen molar-refractivity contribution < 1.29 is 9.53 Å². The fourth-order valence-electron chi connectivity index (χ4n) is 1.66. The molecule has 0 spiro atoms. The van der Waals surface area contributed by atoms with Crippen LogP contribution in [0.25, 0.3) is 0 Å². The van der Waals surface area contributed by atoms with Crippen LogP contribution in [0.4, 0.5) is 0 Å². The number of carbonyl (C=O) groups is 1. The second-order valence-corrected chi connectivity index (χ2v) is 3.08. The molecule has 0 aromatic rings. The molecule has 11 heavy (non-hydrogen) atoms. The van der Waals surface area contributed by atoms with Crippen LogP contribution in [0.2, 0.25) is 0 Å². The van der Waals surface area contributed by atoms with Crippen molar-refractivity contribution in [1.29, 1.82) is 0 Å². The molecule has 2 rings (SSSR count). The molecule has 0 aromatic carbocycles. The largest absolute Gasteiger partial charge is 0.365 e. The van der Waals surface area contributed by atoms with Crippen molar-refractivity contribution in [3.8, 4) is 0 Å². The molecule has 2 atom stereocenters. The lowest BCUT2D eigenvalue weighted by Gasteiger charge is -2.33. The highest BCUT2D eigenvalue weighted by Crippen LogP contribution is 2.15. The van der Waals surface area contributed by atoms with Gasteiger partial charge in [-0.25, -0.2) is 0 Å². The third kappa shape index (κ3) is 1.02. The van der Waals surface area contributed by atoms with Crippen molar-refractivity contribution in [2.45, 2.75) is 12.1 Å². The van der Waals surface area contributed by atoms with Gasteiger partial charge >= 0.3 is 0 Å². The second-order valence-electron chi connectivity index (χ2n) is 3.08. The van der Waals surface area contributed by atoms with E-state index in [-0.39, 0.29) is 24.7 Å². The summed E-state index contributed by atoms with van der Waals surface area (Å²) >= 11 is 0. The van der Waals surface area contributed by atoms with E-state index in [1.165, 1.54) is 0 Å². The summed E-state index contributed by atoms with van der Waals surface area (Å²) in [6, 6.07) is 0.260. The Kier molecular flexibility index (Phi) is 1.58. The van der Waals surface area contributed by atoms with Crippen LogP contribution in [0.5, 0.6) is 0 Å². The molecule has 1 amide bonds. The van der Waals surface area contributed by atoms with Gasteiger partial charge in [0.25, 0.3) is 0 Å². The quantitative estimate of drug-likeness (QED) is 0.480. The van der Waals surface area contributed by atoms with Crippen molar-refractivity contribution in [1.82, 2.24) is 10.2 Å². The molecule has 0 aliphatic carbocycles. The maximum atomic E-state index is 11.1. The number of hydrogen-bond donors (Lipinski definition) is 1. The predicted molar refractivity (Wildman–Crippen MR) is 39.2 cm³/mol. The van der Waals surface area contributed by atoms with Gasteiger partial charge in [-0.15, -0.1) is 0 Å². The molecule has 2 aliphatic rings. The van der Waals surface area contributed by atoms with Crippen LogP contribution in [0.15, 0.2) is 0 Å². The van der Waals surface area contributed by atoms with Crippen molar-refractivity contribution in [2.75, 3.05) is 26.7 Å². The highest BCUT2D eigenvalue weighted by atomic mass is 16.5. The summed E-state index contributed by atoms with van der Waals surface area (Å²) in [4.78, 5) is 12.9. The van der Waals surface area contributed by atoms with Gasteiger partial charge < -0.3 is 15.0 Å². The summed E-state index contributed by atoms with van der Waals surface area (Å²) in [5.74, 6) is 0.0925. The molecule has 1 N–H and O–H groups in total. The van der Waals surface area contributed by atoms with Crippen LogP contribution in [-0.2, 0) is 9.53 Å². The first-order chi connectivity index (χ1) is 5.29. The molecule has 2 aliphatic heterocycles. The standard InChI is InChI=1S/C7H12N2O2/c1-9-5-2-8-3-6(5)11-4-7(9)10/h5-6,8H,2-4H2,1H3/t5-,6-/m0/s1. The van der Waals surface area contributed by atoms with E-state index in [1.54, 1.807) is 4.90 Å². The summed E-state index contributed by atoms with van der Waals surface area (Å²) in [6.45, 7) is 1.99. The molecular formula is C7H12N2O2. The number of hydrogen-bond acceptors (Lipinski definition) is 3. The van der Waals surface area contributed by atoms with Gasteiger partial charge in [-0.05, 0) is 0 Å². The van der Waals surface area contributed by atoms with Gasteiger partial charge in [0.05, 0.1) is 12.1 Å². The summed E-state index contributed by atoms with van der Waals surface area (Å²) in [7, 11) is 1.84. The number of morpholine rings is 1. The van der Waals surface area contributed by atoms with Crippen LogP contribution in [0, 0.1) is 0 Å². The number of amides is 1. The molecule has 4 heteroatoms. The van der Waals surface area contributed by atoms with E-state index < -0.39 is 0 Å². The molecule has 62 valence electrons. The average molecular weight is 156 g/mol. The van der Waals surface area contributed by atoms with Gasteiger partial charge in [-0.2, -0.15) is 0 Å². The minimum atomic E-state index is 0.0925. The fraction of sp³-hybridized carbons (Fsp3) is 0.857. The molecule has 0 bridgehead atoms. The highest BCUT2D eigenvalue weighted by Gasteiger charge is 2.37. The Hall–Kier alpha value is -0.610. The van der Waals surface area contributed by atoms with Gasteiger partial charge in [0, 0.05) is 20.1 Å². The van der Waals surface area contributed by atoms with Crippen molar-refractivity contribution in [3.63, 3.8) is 0 Å². The van der Waals surface area contributed by atoms with Gasteiger partial charge in [0.2, 0.25) is 5.91 Å². The number of ether oxygens (including phenoxy) is 1. The van der Waals surface area contributed by atoms with Gasteiger partial charge in [-0.1, -0.05) is 0 Å². The Morgan fingerprint density at radius 3 is 3.27 bits per heavy atom. The molecule has 0 radical (unpaired) electrons. The molecule has 0 aromatic heterocycles. The summed E-state index contributed by atoms with van der Waals surface area (Å²) < 4.78 is 5.33. The minimum Gasteiger partial charge on any atom is -0.365 e. The smallest absolute Gasteiger partial charge is 0.248 e.